The lowest BCUT2D eigenvalue weighted by molar-refractivity contribution is -0.157. The average molecular weight is 403 g/mol. The van der Waals surface area contributed by atoms with E-state index in [4.69, 9.17) is 4.74 Å². The molecule has 3 aromatic rings. The molecule has 2 aromatic carbocycles. The number of ether oxygens (including phenoxy) is 1. The fourth-order valence-corrected chi connectivity index (χ4v) is 4.67. The zero-order valence-corrected chi connectivity index (χ0v) is 16.7. The molecule has 1 N–H and O–H groups in total. The van der Waals surface area contributed by atoms with Gasteiger partial charge in [0.2, 0.25) is 11.8 Å². The van der Waals surface area contributed by atoms with Crippen LogP contribution in [0.25, 0.3) is 10.9 Å². The largest absolute Gasteiger partial charge is 0.465 e. The van der Waals surface area contributed by atoms with E-state index in [0.29, 0.717) is 12.0 Å². The number of hydrogen-bond acceptors (Lipinski definition) is 4. The molecule has 0 saturated carbocycles. The number of para-hydroxylation sites is 1. The molecule has 1 aromatic heterocycles. The molecule has 1 saturated heterocycles. The van der Waals surface area contributed by atoms with Gasteiger partial charge in [0.1, 0.15) is 6.04 Å². The molecule has 2 atom stereocenters. The van der Waals surface area contributed by atoms with Crippen LogP contribution in [0.5, 0.6) is 0 Å². The number of carbonyl (C=O) groups excluding carboxylic acids is 3. The summed E-state index contributed by atoms with van der Waals surface area (Å²) in [5.74, 6) is -0.560. The van der Waals surface area contributed by atoms with Gasteiger partial charge in [-0.15, -0.1) is 0 Å². The Hall–Kier alpha value is -3.61. The molecule has 0 unspecified atom stereocenters. The fourth-order valence-electron chi connectivity index (χ4n) is 4.67. The van der Waals surface area contributed by atoms with Crippen molar-refractivity contribution in [1.82, 2.24) is 14.8 Å². The number of esters is 1. The molecule has 0 spiro atoms. The van der Waals surface area contributed by atoms with Gasteiger partial charge in [-0.25, -0.2) is 4.79 Å². The zero-order chi connectivity index (χ0) is 21.0. The van der Waals surface area contributed by atoms with E-state index in [9.17, 15) is 14.4 Å². The van der Waals surface area contributed by atoms with Crippen LogP contribution in [-0.4, -0.2) is 59.3 Å². The van der Waals surface area contributed by atoms with Crippen molar-refractivity contribution < 1.29 is 19.1 Å². The SMILES string of the molecule is COC(=O)c1ccc([C@@H]2c3[nH]c4ccccc4c3C[C@@H]3C(=O)N(C)CC(=O)N23)cc1. The molecule has 30 heavy (non-hydrogen) atoms. The molecule has 0 aliphatic carbocycles. The van der Waals surface area contributed by atoms with Gasteiger partial charge in [-0.3, -0.25) is 9.59 Å². The Morgan fingerprint density at radius 1 is 1.10 bits per heavy atom. The summed E-state index contributed by atoms with van der Waals surface area (Å²) in [6.07, 6.45) is 0.477. The van der Waals surface area contributed by atoms with E-state index in [1.54, 1.807) is 24.1 Å². The zero-order valence-electron chi connectivity index (χ0n) is 16.7. The molecular formula is C23H21N3O4. The summed E-state index contributed by atoms with van der Waals surface area (Å²) in [5, 5.41) is 1.07. The molecule has 3 heterocycles. The number of methoxy groups -OCH3 is 1. The number of H-pyrrole nitrogens is 1. The molecule has 1 fully saturated rings. The molecular weight excluding hydrogens is 382 g/mol. The van der Waals surface area contributed by atoms with Crippen molar-refractivity contribution in [3.05, 3.63) is 70.9 Å². The van der Waals surface area contributed by atoms with Crippen LogP contribution in [0.15, 0.2) is 48.5 Å². The van der Waals surface area contributed by atoms with E-state index in [1.807, 2.05) is 36.4 Å². The molecule has 2 amide bonds. The molecule has 2 aliphatic rings. The number of carbonyl (C=O) groups is 3. The van der Waals surface area contributed by atoms with Gasteiger partial charge in [0.15, 0.2) is 0 Å². The lowest BCUT2D eigenvalue weighted by atomic mass is 9.86. The Labute approximate surface area is 173 Å². The van der Waals surface area contributed by atoms with E-state index < -0.39 is 18.1 Å². The maximum atomic E-state index is 13.1. The predicted octanol–water partition coefficient (Wildman–Crippen LogP) is 2.27. The van der Waals surface area contributed by atoms with Crippen molar-refractivity contribution in [2.75, 3.05) is 20.7 Å². The minimum atomic E-state index is -0.548. The third-order valence-corrected chi connectivity index (χ3v) is 6.10. The Balaban J connectivity index is 1.70. The molecule has 152 valence electrons. The van der Waals surface area contributed by atoms with Gasteiger partial charge in [-0.1, -0.05) is 30.3 Å². The van der Waals surface area contributed by atoms with Crippen LogP contribution in [0, 0.1) is 0 Å². The summed E-state index contributed by atoms with van der Waals surface area (Å²) in [7, 11) is 3.01. The van der Waals surface area contributed by atoms with Gasteiger partial charge >= 0.3 is 5.97 Å². The monoisotopic (exact) mass is 403 g/mol. The van der Waals surface area contributed by atoms with Crippen LogP contribution in [0.2, 0.25) is 0 Å². The number of likely N-dealkylation sites (N-methyl/N-ethyl adjacent to an activating group) is 1. The molecule has 0 radical (unpaired) electrons. The molecule has 0 bridgehead atoms. The number of fused-ring (bicyclic) bond motifs is 4. The highest BCUT2D eigenvalue weighted by atomic mass is 16.5. The minimum Gasteiger partial charge on any atom is -0.465 e. The first-order chi connectivity index (χ1) is 14.5. The molecule has 7 nitrogen and oxygen atoms in total. The lowest BCUT2D eigenvalue weighted by Gasteiger charge is -2.46. The van der Waals surface area contributed by atoms with Crippen molar-refractivity contribution >= 4 is 28.7 Å². The number of aromatic nitrogens is 1. The van der Waals surface area contributed by atoms with Crippen LogP contribution < -0.4 is 0 Å². The Morgan fingerprint density at radius 2 is 1.83 bits per heavy atom. The van der Waals surface area contributed by atoms with Gasteiger partial charge in [0.05, 0.1) is 25.3 Å². The van der Waals surface area contributed by atoms with E-state index in [1.165, 1.54) is 12.0 Å². The summed E-state index contributed by atoms with van der Waals surface area (Å²) in [5.41, 5.74) is 4.23. The number of hydrogen-bond donors (Lipinski definition) is 1. The minimum absolute atomic E-state index is 0.0540. The Bertz CT molecular complexity index is 1180. The Kier molecular flexibility index (Phi) is 4.13. The van der Waals surface area contributed by atoms with Crippen LogP contribution in [0.4, 0.5) is 0 Å². The first-order valence-electron chi connectivity index (χ1n) is 9.83. The van der Waals surface area contributed by atoms with Gasteiger partial charge in [-0.05, 0) is 29.3 Å². The van der Waals surface area contributed by atoms with Gasteiger partial charge in [0.25, 0.3) is 0 Å². The van der Waals surface area contributed by atoms with Crippen molar-refractivity contribution in [1.29, 1.82) is 0 Å². The number of aromatic amines is 1. The number of piperazine rings is 1. The second-order valence-electron chi connectivity index (χ2n) is 7.79. The third kappa shape index (κ3) is 2.62. The molecule has 2 aliphatic heterocycles. The summed E-state index contributed by atoms with van der Waals surface area (Å²) in [4.78, 5) is 44.6. The van der Waals surface area contributed by atoms with Crippen molar-refractivity contribution in [2.45, 2.75) is 18.5 Å². The summed E-state index contributed by atoms with van der Waals surface area (Å²) >= 11 is 0. The number of benzene rings is 2. The second-order valence-corrected chi connectivity index (χ2v) is 7.79. The van der Waals surface area contributed by atoms with E-state index >= 15 is 0 Å². The highest BCUT2D eigenvalue weighted by molar-refractivity contribution is 5.97. The molecule has 7 heteroatoms. The maximum Gasteiger partial charge on any atom is 0.337 e. The van der Waals surface area contributed by atoms with Crippen molar-refractivity contribution in [3.8, 4) is 0 Å². The van der Waals surface area contributed by atoms with E-state index in [0.717, 1.165) is 27.7 Å². The fraction of sp³-hybridized carbons (Fsp3) is 0.261. The van der Waals surface area contributed by atoms with E-state index in [-0.39, 0.29) is 18.4 Å². The van der Waals surface area contributed by atoms with E-state index in [2.05, 4.69) is 4.98 Å². The number of amides is 2. The standard InChI is InChI=1S/C23H21N3O4/c1-25-12-19(27)26-18(22(25)28)11-16-15-5-3-4-6-17(15)24-20(16)21(26)13-7-9-14(10-8-13)23(29)30-2/h3-10,18,21,24H,11-12H2,1-2H3/t18-,21-/m1/s1. The lowest BCUT2D eigenvalue weighted by Crippen LogP contribution is -2.62. The molecule has 5 rings (SSSR count). The predicted molar refractivity (Wildman–Crippen MR) is 110 cm³/mol. The second kappa shape index (κ2) is 6.73. The first kappa shape index (κ1) is 18.4. The summed E-state index contributed by atoms with van der Waals surface area (Å²) in [6, 6.07) is 14.0. The first-order valence-corrected chi connectivity index (χ1v) is 9.83. The van der Waals surface area contributed by atoms with Crippen molar-refractivity contribution in [2.24, 2.45) is 0 Å². The van der Waals surface area contributed by atoms with Gasteiger partial charge < -0.3 is 19.5 Å². The number of nitrogens with zero attached hydrogens (tertiary/aromatic N) is 2. The summed E-state index contributed by atoms with van der Waals surface area (Å²) < 4.78 is 4.79. The van der Waals surface area contributed by atoms with Crippen LogP contribution in [-0.2, 0) is 20.7 Å². The average Bonchev–Trinajstić information content (AvgIpc) is 3.14. The highest BCUT2D eigenvalue weighted by Gasteiger charge is 2.47. The number of rotatable bonds is 2. The van der Waals surface area contributed by atoms with Gasteiger partial charge in [-0.2, -0.15) is 0 Å². The quantitative estimate of drug-likeness (QED) is 0.666. The van der Waals surface area contributed by atoms with Crippen LogP contribution in [0.1, 0.15) is 33.2 Å². The van der Waals surface area contributed by atoms with Crippen LogP contribution in [0.3, 0.4) is 0 Å². The smallest absolute Gasteiger partial charge is 0.337 e. The van der Waals surface area contributed by atoms with Crippen LogP contribution >= 0.6 is 0 Å². The maximum absolute atomic E-state index is 13.1. The third-order valence-electron chi connectivity index (χ3n) is 6.10. The normalized spacial score (nSPS) is 20.9. The Morgan fingerprint density at radius 3 is 2.57 bits per heavy atom. The topological polar surface area (TPSA) is 82.7 Å². The summed E-state index contributed by atoms with van der Waals surface area (Å²) in [6.45, 7) is 0.0572. The van der Waals surface area contributed by atoms with Crippen molar-refractivity contribution in [3.63, 3.8) is 0 Å². The highest BCUT2D eigenvalue weighted by Crippen LogP contribution is 2.42. The van der Waals surface area contributed by atoms with Gasteiger partial charge in [0, 0.05) is 30.1 Å². The number of nitrogens with one attached hydrogen (secondary N) is 1.